The van der Waals surface area contributed by atoms with E-state index < -0.39 is 0 Å². The lowest BCUT2D eigenvalue weighted by Crippen LogP contribution is -2.44. The highest BCUT2D eigenvalue weighted by molar-refractivity contribution is 6.04. The molecule has 0 spiro atoms. The van der Waals surface area contributed by atoms with E-state index in [1.54, 1.807) is 36.4 Å². The largest absolute Gasteiger partial charge is 0.368 e. The Morgan fingerprint density at radius 1 is 0.971 bits per heavy atom. The Hall–Kier alpha value is -4.11. The molecular formula is C25H26N8O. The second-order valence-corrected chi connectivity index (χ2v) is 8.36. The van der Waals surface area contributed by atoms with Crippen LogP contribution in [0.5, 0.6) is 0 Å². The van der Waals surface area contributed by atoms with Crippen LogP contribution in [0, 0.1) is 0 Å². The van der Waals surface area contributed by atoms with E-state index in [-0.39, 0.29) is 5.91 Å². The first-order valence-electron chi connectivity index (χ1n) is 11.2. The topological polar surface area (TPSA) is 92.1 Å². The molecule has 0 aromatic carbocycles. The fourth-order valence-corrected chi connectivity index (χ4v) is 3.99. The molecule has 1 aliphatic rings. The number of hydrogen-bond acceptors (Lipinski definition) is 7. The Kier molecular flexibility index (Phi) is 6.01. The Morgan fingerprint density at radius 2 is 1.79 bits per heavy atom. The number of rotatable bonds is 5. The fourth-order valence-electron chi connectivity index (χ4n) is 3.99. The molecule has 1 fully saturated rings. The van der Waals surface area contributed by atoms with E-state index in [2.05, 4.69) is 48.3 Å². The van der Waals surface area contributed by atoms with Crippen molar-refractivity contribution in [2.45, 2.75) is 0 Å². The number of amides is 1. The number of anilines is 2. The molecule has 1 N–H and O–H groups in total. The highest BCUT2D eigenvalue weighted by Crippen LogP contribution is 2.26. The molecule has 0 aliphatic carbocycles. The summed E-state index contributed by atoms with van der Waals surface area (Å²) in [6.07, 6.45) is 7.12. The van der Waals surface area contributed by atoms with E-state index in [9.17, 15) is 4.79 Å². The van der Waals surface area contributed by atoms with Gasteiger partial charge in [-0.05, 0) is 37.4 Å². The van der Waals surface area contributed by atoms with Crippen LogP contribution in [0.3, 0.4) is 0 Å². The number of pyridine rings is 3. The summed E-state index contributed by atoms with van der Waals surface area (Å²) in [5.74, 6) is -0.310. The first kappa shape index (κ1) is 21.7. The van der Waals surface area contributed by atoms with Gasteiger partial charge in [-0.2, -0.15) is 5.10 Å². The zero-order chi connectivity index (χ0) is 23.5. The number of aromatic nitrogens is 5. The SMILES string of the molecule is CN1CCN(c2cncc(-c3cccc(C(=O)Nc4cn(C)nc4-c4ccccn4)n3)c2)CC1. The number of hydrogen-bond donors (Lipinski definition) is 1. The van der Waals surface area contributed by atoms with Crippen molar-refractivity contribution in [1.82, 2.24) is 29.6 Å². The van der Waals surface area contributed by atoms with Gasteiger partial charge in [-0.1, -0.05) is 12.1 Å². The summed E-state index contributed by atoms with van der Waals surface area (Å²) in [6, 6.07) is 13.1. The highest BCUT2D eigenvalue weighted by atomic mass is 16.1. The van der Waals surface area contributed by atoms with Crippen LogP contribution in [0.15, 0.2) is 67.3 Å². The Bertz CT molecular complexity index is 1300. The second-order valence-electron chi connectivity index (χ2n) is 8.36. The van der Waals surface area contributed by atoms with E-state index in [4.69, 9.17) is 0 Å². The molecule has 5 heterocycles. The summed E-state index contributed by atoms with van der Waals surface area (Å²) in [4.78, 5) is 31.1. The van der Waals surface area contributed by atoms with Crippen molar-refractivity contribution in [3.05, 3.63) is 72.9 Å². The number of nitrogens with one attached hydrogen (secondary N) is 1. The summed E-state index contributed by atoms with van der Waals surface area (Å²) < 4.78 is 1.65. The maximum absolute atomic E-state index is 13.1. The zero-order valence-corrected chi connectivity index (χ0v) is 19.2. The molecule has 0 bridgehead atoms. The summed E-state index contributed by atoms with van der Waals surface area (Å²) in [7, 11) is 3.94. The van der Waals surface area contributed by atoms with Gasteiger partial charge in [-0.3, -0.25) is 19.4 Å². The normalized spacial score (nSPS) is 14.2. The smallest absolute Gasteiger partial charge is 0.274 e. The minimum absolute atomic E-state index is 0.310. The van der Waals surface area contributed by atoms with Crippen molar-refractivity contribution in [2.24, 2.45) is 7.05 Å². The van der Waals surface area contributed by atoms with Crippen LogP contribution in [-0.2, 0) is 7.05 Å². The van der Waals surface area contributed by atoms with Crippen LogP contribution in [0.2, 0.25) is 0 Å². The molecule has 0 saturated carbocycles. The summed E-state index contributed by atoms with van der Waals surface area (Å²) in [5, 5.41) is 7.39. The minimum Gasteiger partial charge on any atom is -0.368 e. The summed E-state index contributed by atoms with van der Waals surface area (Å²) in [5.41, 5.74) is 4.84. The molecular weight excluding hydrogens is 428 g/mol. The minimum atomic E-state index is -0.310. The zero-order valence-electron chi connectivity index (χ0n) is 19.2. The molecule has 172 valence electrons. The van der Waals surface area contributed by atoms with Crippen LogP contribution in [0.1, 0.15) is 10.5 Å². The van der Waals surface area contributed by atoms with Gasteiger partial charge in [0, 0.05) is 57.4 Å². The Balaban J connectivity index is 1.37. The van der Waals surface area contributed by atoms with Gasteiger partial charge in [0.05, 0.1) is 29.0 Å². The number of carbonyl (C=O) groups excluding carboxylic acids is 1. The van der Waals surface area contributed by atoms with Gasteiger partial charge in [-0.15, -0.1) is 0 Å². The molecule has 5 rings (SSSR count). The van der Waals surface area contributed by atoms with Crippen molar-refractivity contribution in [1.29, 1.82) is 0 Å². The van der Waals surface area contributed by atoms with Crippen molar-refractivity contribution in [2.75, 3.05) is 43.4 Å². The standard InChI is InChI=1S/C25H26N8O/c1-31-10-12-33(13-11-31)19-14-18(15-26-16-19)20-7-5-8-22(28-20)25(34)29-23-17-32(2)30-24(23)21-6-3-4-9-27-21/h3-9,14-17H,10-13H2,1-2H3,(H,29,34). The van der Waals surface area contributed by atoms with E-state index in [0.29, 0.717) is 28.5 Å². The summed E-state index contributed by atoms with van der Waals surface area (Å²) >= 11 is 0. The first-order valence-corrected chi connectivity index (χ1v) is 11.2. The lowest BCUT2D eigenvalue weighted by molar-refractivity contribution is 0.102. The number of likely N-dealkylation sites (N-methyl/N-ethyl adjacent to an activating group) is 1. The molecule has 0 unspecified atom stereocenters. The predicted molar refractivity (Wildman–Crippen MR) is 132 cm³/mol. The fraction of sp³-hybridized carbons (Fsp3) is 0.240. The van der Waals surface area contributed by atoms with Gasteiger partial charge >= 0.3 is 0 Å². The number of carbonyl (C=O) groups is 1. The average Bonchev–Trinajstić information content (AvgIpc) is 3.25. The van der Waals surface area contributed by atoms with E-state index in [1.165, 1.54) is 0 Å². The molecule has 1 aliphatic heterocycles. The molecule has 0 atom stereocenters. The van der Waals surface area contributed by atoms with E-state index >= 15 is 0 Å². The lowest BCUT2D eigenvalue weighted by atomic mass is 10.1. The highest BCUT2D eigenvalue weighted by Gasteiger charge is 2.18. The van der Waals surface area contributed by atoms with Crippen molar-refractivity contribution in [3.8, 4) is 22.6 Å². The maximum Gasteiger partial charge on any atom is 0.274 e. The van der Waals surface area contributed by atoms with Gasteiger partial charge < -0.3 is 15.1 Å². The third-order valence-electron chi connectivity index (χ3n) is 5.85. The first-order chi connectivity index (χ1) is 16.6. The van der Waals surface area contributed by atoms with E-state index in [0.717, 1.165) is 37.4 Å². The van der Waals surface area contributed by atoms with E-state index in [1.807, 2.05) is 36.5 Å². The molecule has 9 heteroatoms. The molecule has 4 aromatic rings. The van der Waals surface area contributed by atoms with Gasteiger partial charge in [-0.25, -0.2) is 4.98 Å². The molecule has 0 radical (unpaired) electrons. The molecule has 9 nitrogen and oxygen atoms in total. The Morgan fingerprint density at radius 3 is 2.59 bits per heavy atom. The Labute approximate surface area is 198 Å². The quantitative estimate of drug-likeness (QED) is 0.496. The van der Waals surface area contributed by atoms with Crippen molar-refractivity contribution >= 4 is 17.3 Å². The number of piperazine rings is 1. The predicted octanol–water partition coefficient (Wildman–Crippen LogP) is 2.94. The second kappa shape index (κ2) is 9.40. The van der Waals surface area contributed by atoms with Gasteiger partial charge in [0.1, 0.15) is 11.4 Å². The monoisotopic (exact) mass is 454 g/mol. The van der Waals surface area contributed by atoms with Crippen molar-refractivity contribution < 1.29 is 4.79 Å². The van der Waals surface area contributed by atoms with Gasteiger partial charge in [0.15, 0.2) is 0 Å². The van der Waals surface area contributed by atoms with Gasteiger partial charge in [0.2, 0.25) is 0 Å². The lowest BCUT2D eigenvalue weighted by Gasteiger charge is -2.33. The van der Waals surface area contributed by atoms with Crippen LogP contribution in [-0.4, -0.2) is 68.8 Å². The molecule has 1 amide bonds. The van der Waals surface area contributed by atoms with Gasteiger partial charge in [0.25, 0.3) is 5.91 Å². The number of aryl methyl sites for hydroxylation is 1. The summed E-state index contributed by atoms with van der Waals surface area (Å²) in [6.45, 7) is 3.96. The van der Waals surface area contributed by atoms with Crippen LogP contribution < -0.4 is 10.2 Å². The third-order valence-corrected chi connectivity index (χ3v) is 5.85. The number of nitrogens with zero attached hydrogens (tertiary/aromatic N) is 7. The molecule has 1 saturated heterocycles. The average molecular weight is 455 g/mol. The molecule has 34 heavy (non-hydrogen) atoms. The molecule has 4 aromatic heterocycles. The third kappa shape index (κ3) is 4.65. The van der Waals surface area contributed by atoms with Crippen LogP contribution in [0.4, 0.5) is 11.4 Å². The maximum atomic E-state index is 13.1. The van der Waals surface area contributed by atoms with Crippen LogP contribution in [0.25, 0.3) is 22.6 Å². The van der Waals surface area contributed by atoms with Crippen molar-refractivity contribution in [3.63, 3.8) is 0 Å². The van der Waals surface area contributed by atoms with Crippen LogP contribution >= 0.6 is 0 Å².